The van der Waals surface area contributed by atoms with Crippen LogP contribution in [0, 0.1) is 0 Å². The summed E-state index contributed by atoms with van der Waals surface area (Å²) >= 11 is 0. The summed E-state index contributed by atoms with van der Waals surface area (Å²) in [7, 11) is 1.71. The number of nitrogens with zero attached hydrogens (tertiary/aromatic N) is 3. The van der Waals surface area contributed by atoms with Crippen LogP contribution in [0.15, 0.2) is 30.5 Å². The average Bonchev–Trinajstić information content (AvgIpc) is 2.60. The minimum Gasteiger partial charge on any atom is -0.406 e. The predicted octanol–water partition coefficient (Wildman–Crippen LogP) is 3.83. The molecule has 0 spiro atoms. The molecule has 0 amide bonds. The van der Waals surface area contributed by atoms with Crippen molar-refractivity contribution < 1.29 is 22.6 Å². The molecule has 27 heavy (non-hydrogen) atoms. The fourth-order valence-corrected chi connectivity index (χ4v) is 3.06. The summed E-state index contributed by atoms with van der Waals surface area (Å²) in [5, 5.41) is 0. The van der Waals surface area contributed by atoms with Crippen LogP contribution >= 0.6 is 0 Å². The predicted molar refractivity (Wildman–Crippen MR) is 94.2 cm³/mol. The van der Waals surface area contributed by atoms with Crippen LogP contribution in [0.2, 0.25) is 0 Å². The zero-order valence-electron chi connectivity index (χ0n) is 15.5. The van der Waals surface area contributed by atoms with Crippen molar-refractivity contribution in [2.24, 2.45) is 0 Å². The highest BCUT2D eigenvalue weighted by Gasteiger charge is 2.31. The van der Waals surface area contributed by atoms with Crippen LogP contribution in [0.25, 0.3) is 11.4 Å². The molecule has 8 heteroatoms. The number of halogens is 3. The molecule has 0 radical (unpaired) electrons. The van der Waals surface area contributed by atoms with Crippen LogP contribution in [0.3, 0.4) is 0 Å². The Labute approximate surface area is 156 Å². The number of alkyl halides is 3. The van der Waals surface area contributed by atoms with E-state index in [1.54, 1.807) is 13.3 Å². The van der Waals surface area contributed by atoms with Crippen LogP contribution in [0.4, 0.5) is 13.2 Å². The molecule has 0 atom stereocenters. The molecule has 0 saturated carbocycles. The van der Waals surface area contributed by atoms with Gasteiger partial charge in [0.1, 0.15) is 5.75 Å². The molecule has 1 aliphatic rings. The molecule has 0 N–H and O–H groups in total. The van der Waals surface area contributed by atoms with Gasteiger partial charge in [-0.25, -0.2) is 9.97 Å². The number of aromatic nitrogens is 2. The van der Waals surface area contributed by atoms with Gasteiger partial charge in [0, 0.05) is 50.5 Å². The van der Waals surface area contributed by atoms with E-state index >= 15 is 0 Å². The fraction of sp³-hybridized carbons (Fsp3) is 0.474. The Morgan fingerprint density at radius 3 is 2.48 bits per heavy atom. The monoisotopic (exact) mass is 381 g/mol. The first-order valence-corrected chi connectivity index (χ1v) is 8.64. The van der Waals surface area contributed by atoms with Crippen molar-refractivity contribution in [1.82, 2.24) is 14.9 Å². The number of hydrogen-bond donors (Lipinski definition) is 0. The van der Waals surface area contributed by atoms with Gasteiger partial charge in [-0.1, -0.05) is 0 Å². The molecule has 0 unspecified atom stereocenters. The van der Waals surface area contributed by atoms with Crippen LogP contribution in [0.5, 0.6) is 5.75 Å². The van der Waals surface area contributed by atoms with Crippen molar-refractivity contribution in [3.63, 3.8) is 0 Å². The highest BCUT2D eigenvalue weighted by atomic mass is 19.4. The van der Waals surface area contributed by atoms with E-state index in [0.717, 1.165) is 37.3 Å². The lowest BCUT2D eigenvalue weighted by molar-refractivity contribution is -0.274. The highest BCUT2D eigenvalue weighted by Crippen LogP contribution is 2.26. The van der Waals surface area contributed by atoms with Gasteiger partial charge >= 0.3 is 6.36 Å². The zero-order chi connectivity index (χ0) is 19.7. The molecule has 1 aromatic carbocycles. The Balaban J connectivity index is 1.72. The lowest BCUT2D eigenvalue weighted by Crippen LogP contribution is -2.42. The van der Waals surface area contributed by atoms with E-state index in [-0.39, 0.29) is 11.4 Å². The summed E-state index contributed by atoms with van der Waals surface area (Å²) in [6, 6.07) is 5.58. The van der Waals surface area contributed by atoms with Gasteiger partial charge in [0.2, 0.25) is 0 Å². The summed E-state index contributed by atoms with van der Waals surface area (Å²) in [6.45, 7) is 6.53. The molecular formula is C19H22F3N3O2. The van der Waals surface area contributed by atoms with Crippen molar-refractivity contribution in [3.05, 3.63) is 41.7 Å². The first-order valence-electron chi connectivity index (χ1n) is 8.64. The van der Waals surface area contributed by atoms with Crippen molar-refractivity contribution in [1.29, 1.82) is 0 Å². The standard InChI is InChI=1S/C19H22F3N3O2/c1-18(2,26-3)12-25-9-8-16-14(11-25)10-23-17(24-16)13-4-6-15(7-5-13)27-19(20,21)22/h4-7,10H,8-9,11-12H2,1-3H3. The third kappa shape index (κ3) is 5.17. The smallest absolute Gasteiger partial charge is 0.406 e. The highest BCUT2D eigenvalue weighted by molar-refractivity contribution is 5.56. The van der Waals surface area contributed by atoms with E-state index in [1.165, 1.54) is 24.3 Å². The van der Waals surface area contributed by atoms with Gasteiger partial charge in [0.05, 0.1) is 11.3 Å². The van der Waals surface area contributed by atoms with Gasteiger partial charge in [-0.05, 0) is 38.1 Å². The van der Waals surface area contributed by atoms with Crippen LogP contribution in [-0.4, -0.2) is 47.0 Å². The molecule has 0 bridgehead atoms. The number of fused-ring (bicyclic) bond motifs is 1. The topological polar surface area (TPSA) is 47.5 Å². The molecule has 0 saturated heterocycles. The van der Waals surface area contributed by atoms with Crippen molar-refractivity contribution >= 4 is 0 Å². The second-order valence-electron chi connectivity index (χ2n) is 7.16. The summed E-state index contributed by atoms with van der Waals surface area (Å²) in [4.78, 5) is 11.3. The molecule has 146 valence electrons. The van der Waals surface area contributed by atoms with Gasteiger partial charge in [0.15, 0.2) is 5.82 Å². The molecule has 5 nitrogen and oxygen atoms in total. The van der Waals surface area contributed by atoms with E-state index in [9.17, 15) is 13.2 Å². The minimum absolute atomic E-state index is 0.224. The number of benzene rings is 1. The molecule has 1 aromatic heterocycles. The first kappa shape index (κ1) is 19.6. The quantitative estimate of drug-likeness (QED) is 0.788. The van der Waals surface area contributed by atoms with E-state index in [1.807, 2.05) is 13.8 Å². The molecular weight excluding hydrogens is 359 g/mol. The Bertz CT molecular complexity index is 792. The normalized spacial score (nSPS) is 15.5. The molecule has 3 rings (SSSR count). The maximum absolute atomic E-state index is 12.3. The Hall–Kier alpha value is -2.19. The Morgan fingerprint density at radius 2 is 1.85 bits per heavy atom. The third-order valence-corrected chi connectivity index (χ3v) is 4.52. The van der Waals surface area contributed by atoms with E-state index in [4.69, 9.17) is 4.74 Å². The number of methoxy groups -OCH3 is 1. The number of ether oxygens (including phenoxy) is 2. The van der Waals surface area contributed by atoms with Gasteiger partial charge < -0.3 is 9.47 Å². The molecule has 2 aromatic rings. The van der Waals surface area contributed by atoms with Gasteiger partial charge in [-0.15, -0.1) is 13.2 Å². The van der Waals surface area contributed by atoms with Gasteiger partial charge in [0.25, 0.3) is 0 Å². The van der Waals surface area contributed by atoms with E-state index < -0.39 is 6.36 Å². The second-order valence-corrected chi connectivity index (χ2v) is 7.16. The summed E-state index contributed by atoms with van der Waals surface area (Å²) in [5.41, 5.74) is 2.46. The average molecular weight is 381 g/mol. The largest absolute Gasteiger partial charge is 0.573 e. The van der Waals surface area contributed by atoms with Crippen molar-refractivity contribution in [2.75, 3.05) is 20.2 Å². The maximum atomic E-state index is 12.3. The third-order valence-electron chi connectivity index (χ3n) is 4.52. The van der Waals surface area contributed by atoms with Gasteiger partial charge in [-0.2, -0.15) is 0 Å². The zero-order valence-corrected chi connectivity index (χ0v) is 15.5. The van der Waals surface area contributed by atoms with Crippen LogP contribution < -0.4 is 4.74 Å². The Kier molecular flexibility index (Phi) is 5.39. The molecule has 2 heterocycles. The summed E-state index contributed by atoms with van der Waals surface area (Å²) < 4.78 is 46.1. The number of rotatable bonds is 5. The molecule has 0 aliphatic carbocycles. The van der Waals surface area contributed by atoms with Crippen LogP contribution in [0.1, 0.15) is 25.1 Å². The summed E-state index contributed by atoms with van der Waals surface area (Å²) in [6.07, 6.45) is -2.11. The molecule has 1 aliphatic heterocycles. The lowest BCUT2D eigenvalue weighted by Gasteiger charge is -2.34. The second kappa shape index (κ2) is 7.44. The van der Waals surface area contributed by atoms with Crippen LogP contribution in [-0.2, 0) is 17.7 Å². The maximum Gasteiger partial charge on any atom is 0.573 e. The Morgan fingerprint density at radius 1 is 1.15 bits per heavy atom. The van der Waals surface area contributed by atoms with Gasteiger partial charge in [-0.3, -0.25) is 4.90 Å². The van der Waals surface area contributed by atoms with E-state index in [2.05, 4.69) is 19.6 Å². The SMILES string of the molecule is COC(C)(C)CN1CCc2nc(-c3ccc(OC(F)(F)F)cc3)ncc2C1. The first-order chi connectivity index (χ1) is 12.6. The van der Waals surface area contributed by atoms with E-state index in [0.29, 0.717) is 11.4 Å². The summed E-state index contributed by atoms with van der Waals surface area (Å²) in [5.74, 6) is 0.235. The lowest BCUT2D eigenvalue weighted by atomic mass is 10.0. The van der Waals surface area contributed by atoms with Crippen molar-refractivity contribution in [3.8, 4) is 17.1 Å². The molecule has 0 fully saturated rings. The minimum atomic E-state index is -4.70. The number of hydrogen-bond acceptors (Lipinski definition) is 5. The van der Waals surface area contributed by atoms with Crippen molar-refractivity contribution in [2.45, 2.75) is 38.8 Å². The fourth-order valence-electron chi connectivity index (χ4n) is 3.06.